The van der Waals surface area contributed by atoms with Crippen LogP contribution in [-0.2, 0) is 30.2 Å². The summed E-state index contributed by atoms with van der Waals surface area (Å²) in [7, 11) is 2.76. The summed E-state index contributed by atoms with van der Waals surface area (Å²) >= 11 is 7.93. The number of amides is 2. The molecule has 0 bridgehead atoms. The second-order valence-electron chi connectivity index (χ2n) is 10.0. The number of fused-ring (bicyclic) bond motifs is 1. The first-order valence-electron chi connectivity index (χ1n) is 13.9. The number of halogens is 1. The van der Waals surface area contributed by atoms with Crippen LogP contribution in [0.4, 0.5) is 0 Å². The molecule has 2 aromatic carbocycles. The highest BCUT2D eigenvalue weighted by Gasteiger charge is 2.42. The molecule has 12 heteroatoms. The lowest BCUT2D eigenvalue weighted by atomic mass is 9.79. The number of aromatic nitrogens is 1. The second-order valence-corrected chi connectivity index (χ2v) is 11.3. The molecule has 2 amide bonds. The van der Waals surface area contributed by atoms with E-state index in [1.54, 1.807) is 62.4 Å². The van der Waals surface area contributed by atoms with Crippen LogP contribution in [-0.4, -0.2) is 61.0 Å². The molecule has 10 nitrogen and oxygen atoms in total. The Bertz CT molecular complexity index is 1680. The average Bonchev–Trinajstić information content (AvgIpc) is 3.58. The Kier molecular flexibility index (Phi) is 9.28. The monoisotopic (exact) mass is 635 g/mol. The fraction of sp³-hybridized carbons (Fsp3) is 0.281. The van der Waals surface area contributed by atoms with Gasteiger partial charge in [-0.1, -0.05) is 41.9 Å². The molecule has 2 atom stereocenters. The molecule has 0 spiro atoms. The van der Waals surface area contributed by atoms with Crippen LogP contribution in [0.25, 0.3) is 0 Å². The number of benzene rings is 2. The lowest BCUT2D eigenvalue weighted by molar-refractivity contribution is -0.139. The fourth-order valence-electron chi connectivity index (χ4n) is 5.47. The summed E-state index contributed by atoms with van der Waals surface area (Å²) in [4.78, 5) is 58.3. The maximum absolute atomic E-state index is 13.6. The number of hydrogen-bond acceptors (Lipinski definition) is 10. The van der Waals surface area contributed by atoms with Gasteiger partial charge in [-0.05, 0) is 37.6 Å². The van der Waals surface area contributed by atoms with Gasteiger partial charge in [0.2, 0.25) is 0 Å². The third-order valence-corrected chi connectivity index (χ3v) is 8.75. The first kappa shape index (κ1) is 31.1. The number of carbonyl (C=O) groups is 4. The van der Waals surface area contributed by atoms with Crippen LogP contribution >= 0.6 is 22.9 Å². The zero-order valence-corrected chi connectivity index (χ0v) is 26.1. The van der Waals surface area contributed by atoms with Gasteiger partial charge in [0, 0.05) is 36.2 Å². The molecule has 228 valence electrons. The Labute approximate surface area is 263 Å². The van der Waals surface area contributed by atoms with Crippen LogP contribution in [0.2, 0.25) is 5.02 Å². The number of dihydropyridines is 1. The minimum Gasteiger partial charge on any atom is -0.466 e. The zero-order valence-electron chi connectivity index (χ0n) is 24.5. The maximum atomic E-state index is 13.6. The minimum atomic E-state index is -0.919. The summed E-state index contributed by atoms with van der Waals surface area (Å²) < 4.78 is 16.5. The van der Waals surface area contributed by atoms with E-state index in [9.17, 15) is 19.2 Å². The standard InChI is InChI=1S/C32H30ClN3O7S/c1-5-43-32(40)25-24(21-12-8-9-13-22(21)33)23(31(39)42-4)17(2)34-26(25)27(41-3)28-35-18(16-44-28)14-15-36-29(37)19-10-6-7-11-20(19)30(36)38/h6-13,16,24,27,34H,5,14-15H2,1-4H3. The first-order chi connectivity index (χ1) is 21.2. The smallest absolute Gasteiger partial charge is 0.336 e. The number of thiazole rings is 1. The summed E-state index contributed by atoms with van der Waals surface area (Å²) in [6.07, 6.45) is -0.532. The van der Waals surface area contributed by atoms with E-state index < -0.39 is 24.0 Å². The van der Waals surface area contributed by atoms with Gasteiger partial charge in [0.25, 0.3) is 11.8 Å². The zero-order chi connectivity index (χ0) is 31.5. The molecule has 0 aliphatic carbocycles. The van der Waals surface area contributed by atoms with Crippen LogP contribution in [0.5, 0.6) is 0 Å². The molecule has 5 rings (SSSR count). The summed E-state index contributed by atoms with van der Waals surface area (Å²) in [5, 5.41) is 5.90. The molecule has 1 aromatic heterocycles. The van der Waals surface area contributed by atoms with E-state index in [1.165, 1.54) is 30.5 Å². The van der Waals surface area contributed by atoms with Gasteiger partial charge in [0.05, 0.1) is 53.3 Å². The van der Waals surface area contributed by atoms with E-state index in [0.717, 1.165) is 0 Å². The fourth-order valence-corrected chi connectivity index (χ4v) is 6.65. The summed E-state index contributed by atoms with van der Waals surface area (Å²) in [6, 6.07) is 13.7. The molecule has 2 aliphatic heterocycles. The summed E-state index contributed by atoms with van der Waals surface area (Å²) in [6.45, 7) is 3.65. The Morgan fingerprint density at radius 3 is 2.30 bits per heavy atom. The van der Waals surface area contributed by atoms with Crippen LogP contribution in [0.3, 0.4) is 0 Å². The number of ether oxygens (including phenoxy) is 3. The van der Waals surface area contributed by atoms with Crippen molar-refractivity contribution in [1.29, 1.82) is 0 Å². The van der Waals surface area contributed by atoms with Crippen molar-refractivity contribution in [3.05, 3.63) is 109 Å². The van der Waals surface area contributed by atoms with Crippen molar-refractivity contribution in [2.24, 2.45) is 0 Å². The predicted molar refractivity (Wildman–Crippen MR) is 163 cm³/mol. The molecule has 0 radical (unpaired) electrons. The highest BCUT2D eigenvalue weighted by Crippen LogP contribution is 2.45. The van der Waals surface area contributed by atoms with Gasteiger partial charge < -0.3 is 19.5 Å². The lowest BCUT2D eigenvalue weighted by Crippen LogP contribution is -2.35. The largest absolute Gasteiger partial charge is 0.466 e. The van der Waals surface area contributed by atoms with Gasteiger partial charge in [-0.15, -0.1) is 11.3 Å². The van der Waals surface area contributed by atoms with Crippen molar-refractivity contribution < 1.29 is 33.4 Å². The van der Waals surface area contributed by atoms with E-state index in [2.05, 4.69) is 5.32 Å². The van der Waals surface area contributed by atoms with Crippen LogP contribution in [0, 0.1) is 0 Å². The van der Waals surface area contributed by atoms with Crippen LogP contribution in [0.15, 0.2) is 76.5 Å². The number of nitrogens with zero attached hydrogens (tertiary/aromatic N) is 2. The number of imide groups is 1. The average molecular weight is 636 g/mol. The molecule has 1 N–H and O–H groups in total. The molecule has 0 saturated carbocycles. The SMILES string of the molecule is CCOC(=O)C1=C(C(OC)c2nc(CCN3C(=O)c4ccccc4C3=O)cs2)NC(C)=C(C(=O)OC)C1c1ccccc1Cl. The molecule has 44 heavy (non-hydrogen) atoms. The van der Waals surface area contributed by atoms with Crippen molar-refractivity contribution in [3.63, 3.8) is 0 Å². The normalized spacial score (nSPS) is 17.0. The van der Waals surface area contributed by atoms with Crippen molar-refractivity contribution in [1.82, 2.24) is 15.2 Å². The third-order valence-electron chi connectivity index (χ3n) is 7.47. The van der Waals surface area contributed by atoms with Gasteiger partial charge in [-0.25, -0.2) is 14.6 Å². The predicted octanol–water partition coefficient (Wildman–Crippen LogP) is 4.97. The Morgan fingerprint density at radius 2 is 1.68 bits per heavy atom. The number of rotatable bonds is 10. The van der Waals surface area contributed by atoms with Crippen molar-refractivity contribution in [3.8, 4) is 0 Å². The van der Waals surface area contributed by atoms with E-state index in [0.29, 0.717) is 50.2 Å². The number of esters is 2. The lowest BCUT2D eigenvalue weighted by Gasteiger charge is -2.33. The quantitative estimate of drug-likeness (QED) is 0.243. The Morgan fingerprint density at radius 1 is 1.02 bits per heavy atom. The Hall–Kier alpha value is -4.32. The highest BCUT2D eigenvalue weighted by molar-refractivity contribution is 7.09. The molecule has 3 heterocycles. The molecule has 0 fully saturated rings. The van der Waals surface area contributed by atoms with E-state index >= 15 is 0 Å². The summed E-state index contributed by atoms with van der Waals surface area (Å²) in [5.41, 5.74) is 3.09. The van der Waals surface area contributed by atoms with Gasteiger partial charge in [-0.3, -0.25) is 14.5 Å². The molecule has 0 saturated heterocycles. The van der Waals surface area contributed by atoms with E-state index in [1.807, 2.05) is 5.38 Å². The molecule has 2 unspecified atom stereocenters. The van der Waals surface area contributed by atoms with Crippen molar-refractivity contribution >= 4 is 46.7 Å². The minimum absolute atomic E-state index is 0.0952. The molecular formula is C32H30ClN3O7S. The van der Waals surface area contributed by atoms with Crippen molar-refractivity contribution in [2.75, 3.05) is 27.4 Å². The van der Waals surface area contributed by atoms with Crippen LogP contribution < -0.4 is 5.32 Å². The second kappa shape index (κ2) is 13.1. The molecular weight excluding hydrogens is 606 g/mol. The van der Waals surface area contributed by atoms with E-state index in [4.69, 9.17) is 30.8 Å². The van der Waals surface area contributed by atoms with E-state index in [-0.39, 0.29) is 36.1 Å². The third kappa shape index (κ3) is 5.66. The van der Waals surface area contributed by atoms with Gasteiger partial charge in [0.15, 0.2) is 0 Å². The molecule has 2 aliphatic rings. The van der Waals surface area contributed by atoms with Crippen molar-refractivity contribution in [2.45, 2.75) is 32.3 Å². The van der Waals surface area contributed by atoms with Crippen LogP contribution in [0.1, 0.15) is 62.9 Å². The highest BCUT2D eigenvalue weighted by atomic mass is 35.5. The van der Waals surface area contributed by atoms with Gasteiger partial charge in [0.1, 0.15) is 11.1 Å². The van der Waals surface area contributed by atoms with Gasteiger partial charge in [-0.2, -0.15) is 0 Å². The topological polar surface area (TPSA) is 124 Å². The number of methoxy groups -OCH3 is 2. The number of hydrogen-bond donors (Lipinski definition) is 1. The number of carbonyl (C=O) groups excluding carboxylic acids is 4. The summed E-state index contributed by atoms with van der Waals surface area (Å²) in [5.74, 6) is -2.86. The first-order valence-corrected chi connectivity index (χ1v) is 15.1. The Balaban J connectivity index is 1.51. The number of allylic oxidation sites excluding steroid dienone is 1. The number of nitrogens with one attached hydrogen (secondary N) is 1. The maximum Gasteiger partial charge on any atom is 0.336 e. The molecule has 3 aromatic rings. The van der Waals surface area contributed by atoms with Gasteiger partial charge >= 0.3 is 11.9 Å².